The van der Waals surface area contributed by atoms with Crippen LogP contribution in [0, 0.1) is 13.8 Å². The zero-order chi connectivity index (χ0) is 10.6. The summed E-state index contributed by atoms with van der Waals surface area (Å²) in [5.41, 5.74) is 9.78. The van der Waals surface area contributed by atoms with Crippen LogP contribution in [-0.4, -0.2) is 12.8 Å². The molecule has 0 bridgehead atoms. The second-order valence-corrected chi connectivity index (χ2v) is 3.65. The van der Waals surface area contributed by atoms with Crippen LogP contribution in [0.4, 0.5) is 0 Å². The molecule has 0 aromatic heterocycles. The molecule has 0 unspecified atom stereocenters. The predicted molar refractivity (Wildman–Crippen MR) is 58.7 cm³/mol. The van der Waals surface area contributed by atoms with Gasteiger partial charge >= 0.3 is 0 Å². The van der Waals surface area contributed by atoms with E-state index in [-0.39, 0.29) is 0 Å². The molecule has 0 saturated heterocycles. The van der Waals surface area contributed by atoms with Gasteiger partial charge in [-0.25, -0.2) is 0 Å². The maximum Gasteiger partial charge on any atom is 0.150 e. The average Bonchev–Trinajstić information content (AvgIpc) is 2.19. The van der Waals surface area contributed by atoms with Gasteiger partial charge < -0.3 is 5.73 Å². The second kappa shape index (κ2) is 4.91. The van der Waals surface area contributed by atoms with Gasteiger partial charge in [-0.3, -0.25) is 4.79 Å². The van der Waals surface area contributed by atoms with Crippen molar-refractivity contribution < 1.29 is 4.79 Å². The number of aryl methyl sites for hydroxylation is 3. The summed E-state index contributed by atoms with van der Waals surface area (Å²) in [5.74, 6) is 0. The van der Waals surface area contributed by atoms with Crippen molar-refractivity contribution in [3.8, 4) is 0 Å². The molecular formula is C12H17NO. The van der Waals surface area contributed by atoms with E-state index in [1.54, 1.807) is 0 Å². The lowest BCUT2D eigenvalue weighted by atomic mass is 9.97. The number of carbonyl (C=O) groups is 1. The number of benzene rings is 1. The summed E-state index contributed by atoms with van der Waals surface area (Å²) in [6, 6.07) is 4.04. The van der Waals surface area contributed by atoms with Crippen LogP contribution < -0.4 is 5.73 Å². The SMILES string of the molecule is Cc1cc(C=O)c(CCCN)cc1C. The van der Waals surface area contributed by atoms with E-state index in [0.717, 1.165) is 30.3 Å². The lowest BCUT2D eigenvalue weighted by Gasteiger charge is -2.08. The maximum atomic E-state index is 10.8. The third-order valence-corrected chi connectivity index (χ3v) is 2.53. The highest BCUT2D eigenvalue weighted by molar-refractivity contribution is 5.78. The van der Waals surface area contributed by atoms with Gasteiger partial charge in [0.25, 0.3) is 0 Å². The highest BCUT2D eigenvalue weighted by Gasteiger charge is 2.03. The van der Waals surface area contributed by atoms with Gasteiger partial charge in [0.2, 0.25) is 0 Å². The molecule has 2 N–H and O–H groups in total. The van der Waals surface area contributed by atoms with Gasteiger partial charge in [0, 0.05) is 5.56 Å². The summed E-state index contributed by atoms with van der Waals surface area (Å²) >= 11 is 0. The smallest absolute Gasteiger partial charge is 0.150 e. The second-order valence-electron chi connectivity index (χ2n) is 3.65. The van der Waals surface area contributed by atoms with Crippen molar-refractivity contribution in [3.63, 3.8) is 0 Å². The van der Waals surface area contributed by atoms with E-state index in [1.165, 1.54) is 11.1 Å². The summed E-state index contributed by atoms with van der Waals surface area (Å²) < 4.78 is 0. The summed E-state index contributed by atoms with van der Waals surface area (Å²) in [6.07, 6.45) is 2.76. The van der Waals surface area contributed by atoms with Crippen molar-refractivity contribution in [3.05, 3.63) is 34.4 Å². The van der Waals surface area contributed by atoms with Crippen LogP contribution in [0.25, 0.3) is 0 Å². The minimum atomic E-state index is 0.672. The van der Waals surface area contributed by atoms with Gasteiger partial charge in [0.15, 0.2) is 0 Å². The van der Waals surface area contributed by atoms with E-state index in [2.05, 4.69) is 13.0 Å². The Morgan fingerprint density at radius 3 is 2.50 bits per heavy atom. The summed E-state index contributed by atoms with van der Waals surface area (Å²) in [7, 11) is 0. The molecule has 0 saturated carbocycles. The van der Waals surface area contributed by atoms with Crippen LogP contribution in [0.2, 0.25) is 0 Å². The molecule has 2 heteroatoms. The molecule has 0 spiro atoms. The Bertz CT molecular complexity index is 331. The lowest BCUT2D eigenvalue weighted by molar-refractivity contribution is 0.112. The molecule has 0 atom stereocenters. The first kappa shape index (κ1) is 10.9. The van der Waals surface area contributed by atoms with Gasteiger partial charge in [-0.15, -0.1) is 0 Å². The van der Waals surface area contributed by atoms with Crippen molar-refractivity contribution in [1.29, 1.82) is 0 Å². The van der Waals surface area contributed by atoms with Gasteiger partial charge in [-0.2, -0.15) is 0 Å². The minimum Gasteiger partial charge on any atom is -0.330 e. The standard InChI is InChI=1S/C12H17NO/c1-9-6-11(4-3-5-13)12(8-14)7-10(9)2/h6-8H,3-5,13H2,1-2H3. The van der Waals surface area contributed by atoms with Crippen LogP contribution in [0.1, 0.15) is 33.5 Å². The quantitative estimate of drug-likeness (QED) is 0.740. The topological polar surface area (TPSA) is 43.1 Å². The molecule has 0 aliphatic heterocycles. The Morgan fingerprint density at radius 2 is 1.93 bits per heavy atom. The fourth-order valence-corrected chi connectivity index (χ4v) is 1.52. The van der Waals surface area contributed by atoms with Gasteiger partial charge in [0.1, 0.15) is 6.29 Å². The number of hydrogen-bond acceptors (Lipinski definition) is 2. The van der Waals surface area contributed by atoms with Crippen LogP contribution in [0.15, 0.2) is 12.1 Å². The zero-order valence-corrected chi connectivity index (χ0v) is 8.84. The fourth-order valence-electron chi connectivity index (χ4n) is 1.52. The van der Waals surface area contributed by atoms with Crippen LogP contribution in [-0.2, 0) is 6.42 Å². The number of hydrogen-bond donors (Lipinski definition) is 1. The van der Waals surface area contributed by atoms with Gasteiger partial charge in [-0.1, -0.05) is 6.07 Å². The largest absolute Gasteiger partial charge is 0.330 e. The van der Waals surface area contributed by atoms with Crippen molar-refractivity contribution in [2.45, 2.75) is 26.7 Å². The van der Waals surface area contributed by atoms with Crippen molar-refractivity contribution >= 4 is 6.29 Å². The van der Waals surface area contributed by atoms with Crippen molar-refractivity contribution in [2.24, 2.45) is 5.73 Å². The molecule has 0 aliphatic carbocycles. The molecule has 0 radical (unpaired) electrons. The molecular weight excluding hydrogens is 174 g/mol. The zero-order valence-electron chi connectivity index (χ0n) is 8.84. The van der Waals surface area contributed by atoms with E-state index in [4.69, 9.17) is 5.73 Å². The normalized spacial score (nSPS) is 10.2. The Morgan fingerprint density at radius 1 is 1.29 bits per heavy atom. The average molecular weight is 191 g/mol. The van der Waals surface area contributed by atoms with Crippen LogP contribution in [0.3, 0.4) is 0 Å². The van der Waals surface area contributed by atoms with E-state index in [0.29, 0.717) is 6.54 Å². The number of carbonyl (C=O) groups excluding carboxylic acids is 1. The van der Waals surface area contributed by atoms with Crippen LogP contribution >= 0.6 is 0 Å². The molecule has 1 aromatic carbocycles. The fraction of sp³-hybridized carbons (Fsp3) is 0.417. The summed E-state index contributed by atoms with van der Waals surface area (Å²) in [6.45, 7) is 4.76. The lowest BCUT2D eigenvalue weighted by Crippen LogP contribution is -2.03. The Balaban J connectivity index is 3.00. The number of aldehydes is 1. The summed E-state index contributed by atoms with van der Waals surface area (Å²) in [4.78, 5) is 10.8. The van der Waals surface area contributed by atoms with Crippen molar-refractivity contribution in [1.82, 2.24) is 0 Å². The first-order chi connectivity index (χ1) is 6.69. The monoisotopic (exact) mass is 191 g/mol. The molecule has 1 rings (SSSR count). The molecule has 0 heterocycles. The van der Waals surface area contributed by atoms with E-state index in [1.807, 2.05) is 13.0 Å². The Labute approximate surface area is 85.1 Å². The number of nitrogens with two attached hydrogens (primary N) is 1. The highest BCUT2D eigenvalue weighted by Crippen LogP contribution is 2.15. The predicted octanol–water partition coefficient (Wildman–Crippen LogP) is 2.01. The van der Waals surface area contributed by atoms with Gasteiger partial charge in [0.05, 0.1) is 0 Å². The van der Waals surface area contributed by atoms with Crippen LogP contribution in [0.5, 0.6) is 0 Å². The first-order valence-corrected chi connectivity index (χ1v) is 4.94. The molecule has 1 aromatic rings. The molecule has 76 valence electrons. The van der Waals surface area contributed by atoms with E-state index < -0.39 is 0 Å². The Kier molecular flexibility index (Phi) is 3.84. The molecule has 2 nitrogen and oxygen atoms in total. The molecule has 14 heavy (non-hydrogen) atoms. The van der Waals surface area contributed by atoms with E-state index >= 15 is 0 Å². The highest BCUT2D eigenvalue weighted by atomic mass is 16.1. The molecule has 0 fully saturated rings. The first-order valence-electron chi connectivity index (χ1n) is 4.94. The van der Waals surface area contributed by atoms with Gasteiger partial charge in [-0.05, 0) is 56.0 Å². The van der Waals surface area contributed by atoms with E-state index in [9.17, 15) is 4.79 Å². The third-order valence-electron chi connectivity index (χ3n) is 2.53. The minimum absolute atomic E-state index is 0.672. The Hall–Kier alpha value is -1.15. The number of rotatable bonds is 4. The molecule has 0 amide bonds. The molecule has 0 aliphatic rings. The maximum absolute atomic E-state index is 10.8. The van der Waals surface area contributed by atoms with Crippen molar-refractivity contribution in [2.75, 3.05) is 6.54 Å². The third kappa shape index (κ3) is 2.42. The summed E-state index contributed by atoms with van der Waals surface area (Å²) in [5, 5.41) is 0.